The van der Waals surface area contributed by atoms with Crippen LogP contribution in [0.5, 0.6) is 0 Å². The van der Waals surface area contributed by atoms with Crippen LogP contribution < -0.4 is 10.6 Å². The summed E-state index contributed by atoms with van der Waals surface area (Å²) >= 11 is 0. The largest absolute Gasteiger partial charge is 0.381 e. The van der Waals surface area contributed by atoms with Crippen molar-refractivity contribution in [2.75, 3.05) is 18.4 Å². The van der Waals surface area contributed by atoms with Gasteiger partial charge in [-0.3, -0.25) is 0 Å². The van der Waals surface area contributed by atoms with Gasteiger partial charge in [0.25, 0.3) is 0 Å². The topological polar surface area (TPSA) is 24.1 Å². The Bertz CT molecular complexity index is 346. The number of nitrogens with one attached hydrogen (secondary N) is 2. The van der Waals surface area contributed by atoms with E-state index in [1.54, 1.807) is 6.07 Å². The van der Waals surface area contributed by atoms with Crippen LogP contribution in [-0.4, -0.2) is 19.1 Å². The summed E-state index contributed by atoms with van der Waals surface area (Å²) in [4.78, 5) is 0. The molecule has 1 atom stereocenters. The van der Waals surface area contributed by atoms with Crippen molar-refractivity contribution in [3.8, 4) is 0 Å². The number of hydrogen-bond acceptors (Lipinski definition) is 2. The van der Waals surface area contributed by atoms with Gasteiger partial charge in [-0.2, -0.15) is 0 Å². The third-order valence-corrected chi connectivity index (χ3v) is 3.08. The van der Waals surface area contributed by atoms with Crippen molar-refractivity contribution in [2.24, 2.45) is 0 Å². The van der Waals surface area contributed by atoms with E-state index in [1.807, 2.05) is 19.1 Å². The van der Waals surface area contributed by atoms with Crippen molar-refractivity contribution in [2.45, 2.75) is 32.2 Å². The molecule has 88 valence electrons. The van der Waals surface area contributed by atoms with E-state index in [1.165, 1.54) is 19.3 Å². The van der Waals surface area contributed by atoms with Gasteiger partial charge in [0.05, 0.1) is 5.69 Å². The fourth-order valence-electron chi connectivity index (χ4n) is 2.09. The predicted octanol–water partition coefficient (Wildman–Crippen LogP) is 2.69. The predicted molar refractivity (Wildman–Crippen MR) is 65.3 cm³/mol. The first kappa shape index (κ1) is 11.4. The zero-order valence-electron chi connectivity index (χ0n) is 9.72. The minimum absolute atomic E-state index is 0.157. The molecule has 0 bridgehead atoms. The number of rotatable bonds is 3. The van der Waals surface area contributed by atoms with E-state index in [9.17, 15) is 4.39 Å². The molecule has 2 nitrogen and oxygen atoms in total. The van der Waals surface area contributed by atoms with Crippen molar-refractivity contribution in [1.82, 2.24) is 5.32 Å². The van der Waals surface area contributed by atoms with Crippen LogP contribution in [0.1, 0.15) is 24.8 Å². The molecule has 1 aliphatic rings. The second kappa shape index (κ2) is 5.30. The number of hydrogen-bond donors (Lipinski definition) is 2. The molecule has 2 N–H and O–H groups in total. The van der Waals surface area contributed by atoms with Gasteiger partial charge in [0, 0.05) is 12.6 Å². The lowest BCUT2D eigenvalue weighted by molar-refractivity contribution is 0.414. The van der Waals surface area contributed by atoms with Crippen molar-refractivity contribution in [3.63, 3.8) is 0 Å². The Morgan fingerprint density at radius 3 is 3.00 bits per heavy atom. The van der Waals surface area contributed by atoms with Crippen LogP contribution in [0.3, 0.4) is 0 Å². The van der Waals surface area contributed by atoms with Crippen molar-refractivity contribution >= 4 is 5.69 Å². The van der Waals surface area contributed by atoms with Crippen molar-refractivity contribution in [3.05, 3.63) is 29.6 Å². The molecule has 0 aromatic heterocycles. The Balaban J connectivity index is 1.88. The molecule has 2 rings (SSSR count). The Labute approximate surface area is 96.2 Å². The smallest absolute Gasteiger partial charge is 0.146 e. The lowest BCUT2D eigenvalue weighted by Gasteiger charge is -2.24. The molecule has 0 saturated carbocycles. The van der Waals surface area contributed by atoms with E-state index < -0.39 is 0 Å². The highest BCUT2D eigenvalue weighted by Gasteiger charge is 2.12. The van der Waals surface area contributed by atoms with Crippen LogP contribution in [0.4, 0.5) is 10.1 Å². The summed E-state index contributed by atoms with van der Waals surface area (Å²) in [6, 6.07) is 5.79. The minimum Gasteiger partial charge on any atom is -0.381 e. The Hall–Kier alpha value is -1.09. The van der Waals surface area contributed by atoms with E-state index in [0.717, 1.165) is 18.7 Å². The van der Waals surface area contributed by atoms with Crippen LogP contribution in [0.2, 0.25) is 0 Å². The molecule has 0 spiro atoms. The first-order valence-electron chi connectivity index (χ1n) is 5.99. The summed E-state index contributed by atoms with van der Waals surface area (Å²) in [7, 11) is 0. The van der Waals surface area contributed by atoms with Crippen LogP contribution >= 0.6 is 0 Å². The highest BCUT2D eigenvalue weighted by Crippen LogP contribution is 2.16. The number of anilines is 1. The molecule has 1 saturated heterocycles. The van der Waals surface area contributed by atoms with E-state index in [2.05, 4.69) is 10.6 Å². The SMILES string of the molecule is Cc1ccc(NCC2CCCCN2)c(F)c1. The third-order valence-electron chi connectivity index (χ3n) is 3.08. The first-order chi connectivity index (χ1) is 7.75. The number of aryl methyl sites for hydroxylation is 1. The number of benzene rings is 1. The van der Waals surface area contributed by atoms with Crippen LogP contribution in [0.15, 0.2) is 18.2 Å². The maximum absolute atomic E-state index is 13.5. The summed E-state index contributed by atoms with van der Waals surface area (Å²) < 4.78 is 13.5. The van der Waals surface area contributed by atoms with Crippen LogP contribution in [0.25, 0.3) is 0 Å². The molecule has 3 heteroatoms. The highest BCUT2D eigenvalue weighted by atomic mass is 19.1. The van der Waals surface area contributed by atoms with Gasteiger partial charge in [-0.1, -0.05) is 12.5 Å². The van der Waals surface area contributed by atoms with Gasteiger partial charge in [0.2, 0.25) is 0 Å². The Kier molecular flexibility index (Phi) is 3.78. The van der Waals surface area contributed by atoms with E-state index >= 15 is 0 Å². The van der Waals surface area contributed by atoms with Gasteiger partial charge >= 0.3 is 0 Å². The zero-order valence-corrected chi connectivity index (χ0v) is 9.72. The fourth-order valence-corrected chi connectivity index (χ4v) is 2.09. The summed E-state index contributed by atoms with van der Waals surface area (Å²) in [5.74, 6) is -0.157. The van der Waals surface area contributed by atoms with Gasteiger partial charge in [-0.05, 0) is 44.0 Å². The molecule has 0 aliphatic carbocycles. The lowest BCUT2D eigenvalue weighted by Crippen LogP contribution is -2.39. The third kappa shape index (κ3) is 2.95. The summed E-state index contributed by atoms with van der Waals surface area (Å²) in [6.07, 6.45) is 3.71. The van der Waals surface area contributed by atoms with E-state index in [-0.39, 0.29) is 5.82 Å². The molecule has 1 aromatic rings. The summed E-state index contributed by atoms with van der Waals surface area (Å²) in [5, 5.41) is 6.61. The monoisotopic (exact) mass is 222 g/mol. The van der Waals surface area contributed by atoms with Crippen LogP contribution in [-0.2, 0) is 0 Å². The maximum Gasteiger partial charge on any atom is 0.146 e. The zero-order chi connectivity index (χ0) is 11.4. The number of halogens is 1. The average molecular weight is 222 g/mol. The summed E-state index contributed by atoms with van der Waals surface area (Å²) in [6.45, 7) is 3.79. The van der Waals surface area contributed by atoms with Gasteiger partial charge in [-0.15, -0.1) is 0 Å². The highest BCUT2D eigenvalue weighted by molar-refractivity contribution is 5.46. The standard InChI is InChI=1S/C13H19FN2/c1-10-5-6-13(12(14)8-10)16-9-11-4-2-3-7-15-11/h5-6,8,11,15-16H,2-4,7,9H2,1H3. The van der Waals surface area contributed by atoms with Gasteiger partial charge < -0.3 is 10.6 Å². The first-order valence-corrected chi connectivity index (χ1v) is 5.99. The van der Waals surface area contributed by atoms with Crippen LogP contribution in [0, 0.1) is 12.7 Å². The molecule has 1 aromatic carbocycles. The number of piperidine rings is 1. The maximum atomic E-state index is 13.5. The lowest BCUT2D eigenvalue weighted by atomic mass is 10.1. The average Bonchev–Trinajstić information content (AvgIpc) is 2.29. The molecule has 1 heterocycles. The minimum atomic E-state index is -0.157. The van der Waals surface area contributed by atoms with Crippen molar-refractivity contribution < 1.29 is 4.39 Å². The normalized spacial score (nSPS) is 20.8. The second-order valence-corrected chi connectivity index (χ2v) is 4.51. The molecular weight excluding hydrogens is 203 g/mol. The second-order valence-electron chi connectivity index (χ2n) is 4.51. The fraction of sp³-hybridized carbons (Fsp3) is 0.538. The Morgan fingerprint density at radius 1 is 1.44 bits per heavy atom. The van der Waals surface area contributed by atoms with Gasteiger partial charge in [0.15, 0.2) is 0 Å². The molecule has 0 radical (unpaired) electrons. The van der Waals surface area contributed by atoms with Crippen molar-refractivity contribution in [1.29, 1.82) is 0 Å². The Morgan fingerprint density at radius 2 is 2.31 bits per heavy atom. The summed E-state index contributed by atoms with van der Waals surface area (Å²) in [5.41, 5.74) is 1.57. The van der Waals surface area contributed by atoms with E-state index in [4.69, 9.17) is 0 Å². The molecule has 0 amide bonds. The molecular formula is C13H19FN2. The molecule has 1 unspecified atom stereocenters. The quantitative estimate of drug-likeness (QED) is 0.821. The van der Waals surface area contributed by atoms with Gasteiger partial charge in [-0.25, -0.2) is 4.39 Å². The van der Waals surface area contributed by atoms with E-state index in [0.29, 0.717) is 11.7 Å². The molecule has 1 fully saturated rings. The van der Waals surface area contributed by atoms with Gasteiger partial charge in [0.1, 0.15) is 5.82 Å². The molecule has 16 heavy (non-hydrogen) atoms. The molecule has 1 aliphatic heterocycles.